The molecule has 0 unspecified atom stereocenters. The Morgan fingerprint density at radius 1 is 1.18 bits per heavy atom. The molecule has 0 spiro atoms. The molecule has 4 heteroatoms. The summed E-state index contributed by atoms with van der Waals surface area (Å²) in [5.74, 6) is 2.04. The average Bonchev–Trinajstić information content (AvgIpc) is 2.24. The maximum atomic E-state index is 10.9. The molecule has 0 N–H and O–H groups in total. The molecule has 0 bridgehead atoms. The molecule has 0 aliphatic rings. The van der Waals surface area contributed by atoms with Gasteiger partial charge in [-0.2, -0.15) is 11.8 Å². The standard InChI is InChI=1S/C13H20O2S2/c1-12-6-3-4-7-13(12)8-5-9-16-10-11-17(2,14)15/h3-4,6-7H,5,8-11H2,1-2H3. The van der Waals surface area contributed by atoms with Crippen molar-refractivity contribution >= 4 is 21.6 Å². The Balaban J connectivity index is 2.15. The smallest absolute Gasteiger partial charge is 0.148 e. The zero-order valence-electron chi connectivity index (χ0n) is 10.5. The minimum Gasteiger partial charge on any atom is -0.229 e. The van der Waals surface area contributed by atoms with Gasteiger partial charge in [0.25, 0.3) is 0 Å². The van der Waals surface area contributed by atoms with Gasteiger partial charge in [0.15, 0.2) is 0 Å². The van der Waals surface area contributed by atoms with Crippen LogP contribution in [0.4, 0.5) is 0 Å². The van der Waals surface area contributed by atoms with Crippen molar-refractivity contribution in [1.82, 2.24) is 0 Å². The molecule has 0 saturated carbocycles. The quantitative estimate of drug-likeness (QED) is 0.716. The van der Waals surface area contributed by atoms with Gasteiger partial charge in [0.2, 0.25) is 0 Å². The van der Waals surface area contributed by atoms with E-state index in [1.54, 1.807) is 11.8 Å². The molecule has 2 nitrogen and oxygen atoms in total. The largest absolute Gasteiger partial charge is 0.229 e. The highest BCUT2D eigenvalue weighted by Crippen LogP contribution is 2.12. The molecule has 0 saturated heterocycles. The van der Waals surface area contributed by atoms with Crippen molar-refractivity contribution in [3.05, 3.63) is 35.4 Å². The van der Waals surface area contributed by atoms with Crippen LogP contribution in [-0.2, 0) is 16.3 Å². The van der Waals surface area contributed by atoms with Crippen molar-refractivity contribution in [1.29, 1.82) is 0 Å². The summed E-state index contributed by atoms with van der Waals surface area (Å²) in [6.45, 7) is 2.13. The Morgan fingerprint density at radius 3 is 2.53 bits per heavy atom. The first-order valence-corrected chi connectivity index (χ1v) is 9.00. The van der Waals surface area contributed by atoms with Crippen LogP contribution in [0.5, 0.6) is 0 Å². The lowest BCUT2D eigenvalue weighted by atomic mass is 10.1. The van der Waals surface area contributed by atoms with Gasteiger partial charge in [0.1, 0.15) is 9.84 Å². The molecule has 0 heterocycles. The van der Waals surface area contributed by atoms with Crippen LogP contribution in [0, 0.1) is 6.92 Å². The third-order valence-electron chi connectivity index (χ3n) is 2.59. The molecule has 0 radical (unpaired) electrons. The molecular weight excluding hydrogens is 252 g/mol. The second kappa shape index (κ2) is 7.07. The van der Waals surface area contributed by atoms with E-state index in [1.165, 1.54) is 17.4 Å². The van der Waals surface area contributed by atoms with Gasteiger partial charge in [0, 0.05) is 12.0 Å². The van der Waals surface area contributed by atoms with E-state index >= 15 is 0 Å². The number of rotatable bonds is 7. The number of aryl methyl sites for hydroxylation is 2. The van der Waals surface area contributed by atoms with E-state index in [-0.39, 0.29) is 0 Å². The van der Waals surface area contributed by atoms with E-state index in [0.717, 1.165) is 18.6 Å². The molecule has 96 valence electrons. The fraction of sp³-hybridized carbons (Fsp3) is 0.538. The summed E-state index contributed by atoms with van der Waals surface area (Å²) in [4.78, 5) is 0. The molecule has 1 aromatic carbocycles. The van der Waals surface area contributed by atoms with Gasteiger partial charge in [-0.25, -0.2) is 8.42 Å². The summed E-state index contributed by atoms with van der Waals surface area (Å²) in [6.07, 6.45) is 3.48. The van der Waals surface area contributed by atoms with Gasteiger partial charge < -0.3 is 0 Å². The first kappa shape index (κ1) is 14.6. The van der Waals surface area contributed by atoms with E-state index in [2.05, 4.69) is 31.2 Å². The van der Waals surface area contributed by atoms with Crippen LogP contribution in [0.2, 0.25) is 0 Å². The third kappa shape index (κ3) is 6.74. The predicted molar refractivity (Wildman–Crippen MR) is 76.5 cm³/mol. The number of thioether (sulfide) groups is 1. The fourth-order valence-electron chi connectivity index (χ4n) is 1.57. The lowest BCUT2D eigenvalue weighted by Gasteiger charge is -2.05. The second-order valence-electron chi connectivity index (χ2n) is 4.27. The number of sulfone groups is 1. The lowest BCUT2D eigenvalue weighted by Crippen LogP contribution is -2.05. The summed E-state index contributed by atoms with van der Waals surface area (Å²) >= 11 is 1.73. The lowest BCUT2D eigenvalue weighted by molar-refractivity contribution is 0.603. The molecular formula is C13H20O2S2. The van der Waals surface area contributed by atoms with Gasteiger partial charge >= 0.3 is 0 Å². The van der Waals surface area contributed by atoms with Crippen molar-refractivity contribution in [2.45, 2.75) is 19.8 Å². The average molecular weight is 272 g/mol. The van der Waals surface area contributed by atoms with Gasteiger partial charge in [0.05, 0.1) is 5.75 Å². The van der Waals surface area contributed by atoms with Crippen LogP contribution in [0.25, 0.3) is 0 Å². The SMILES string of the molecule is Cc1ccccc1CCCSCCS(C)(=O)=O. The Morgan fingerprint density at radius 2 is 1.88 bits per heavy atom. The number of benzene rings is 1. The summed E-state index contributed by atoms with van der Waals surface area (Å²) in [5, 5.41) is 0. The highest BCUT2D eigenvalue weighted by molar-refractivity contribution is 8.00. The van der Waals surface area contributed by atoms with Crippen LogP contribution in [0.3, 0.4) is 0 Å². The molecule has 1 aromatic rings. The van der Waals surface area contributed by atoms with E-state index in [1.807, 2.05) is 0 Å². The fourth-order valence-corrected chi connectivity index (χ4v) is 3.80. The van der Waals surface area contributed by atoms with E-state index < -0.39 is 9.84 Å². The van der Waals surface area contributed by atoms with E-state index in [4.69, 9.17) is 0 Å². The van der Waals surface area contributed by atoms with Crippen molar-refractivity contribution in [2.75, 3.05) is 23.5 Å². The number of hydrogen-bond acceptors (Lipinski definition) is 3. The van der Waals surface area contributed by atoms with Crippen LogP contribution in [0.1, 0.15) is 17.5 Å². The van der Waals surface area contributed by atoms with Crippen molar-refractivity contribution in [2.24, 2.45) is 0 Å². The molecule has 0 atom stereocenters. The Bertz CT molecular complexity index is 438. The van der Waals surface area contributed by atoms with Crippen molar-refractivity contribution in [3.63, 3.8) is 0 Å². The number of hydrogen-bond donors (Lipinski definition) is 0. The third-order valence-corrected chi connectivity index (χ3v) is 4.87. The zero-order chi connectivity index (χ0) is 12.7. The normalized spacial score (nSPS) is 11.6. The van der Waals surface area contributed by atoms with E-state index in [9.17, 15) is 8.42 Å². The molecule has 17 heavy (non-hydrogen) atoms. The summed E-state index contributed by atoms with van der Waals surface area (Å²) in [6, 6.07) is 8.42. The Kier molecular flexibility index (Phi) is 6.06. The minimum atomic E-state index is -2.79. The van der Waals surface area contributed by atoms with Crippen LogP contribution in [-0.4, -0.2) is 31.9 Å². The van der Waals surface area contributed by atoms with Gasteiger partial charge in [-0.1, -0.05) is 24.3 Å². The Labute approximate surface area is 109 Å². The van der Waals surface area contributed by atoms with Crippen LogP contribution >= 0.6 is 11.8 Å². The van der Waals surface area contributed by atoms with Crippen molar-refractivity contribution in [3.8, 4) is 0 Å². The predicted octanol–water partition coefficient (Wildman–Crippen LogP) is 2.71. The van der Waals surface area contributed by atoms with E-state index in [0.29, 0.717) is 11.5 Å². The monoisotopic (exact) mass is 272 g/mol. The summed E-state index contributed by atoms with van der Waals surface area (Å²) in [7, 11) is -2.79. The molecule has 0 fully saturated rings. The van der Waals surface area contributed by atoms with Gasteiger partial charge in [-0.3, -0.25) is 0 Å². The second-order valence-corrected chi connectivity index (χ2v) is 7.76. The molecule has 0 aliphatic carbocycles. The minimum absolute atomic E-state index is 0.294. The molecule has 0 aromatic heterocycles. The van der Waals surface area contributed by atoms with Gasteiger partial charge in [-0.15, -0.1) is 0 Å². The maximum absolute atomic E-state index is 10.9. The first-order chi connectivity index (χ1) is 7.99. The Hall–Kier alpha value is -0.480. The molecule has 1 rings (SSSR count). The highest BCUT2D eigenvalue weighted by atomic mass is 32.2. The summed E-state index contributed by atoms with van der Waals surface area (Å²) in [5.41, 5.74) is 2.74. The summed E-state index contributed by atoms with van der Waals surface area (Å²) < 4.78 is 21.8. The molecule has 0 aliphatic heterocycles. The van der Waals surface area contributed by atoms with Crippen molar-refractivity contribution < 1.29 is 8.42 Å². The zero-order valence-corrected chi connectivity index (χ0v) is 12.1. The van der Waals surface area contributed by atoms with Crippen LogP contribution in [0.15, 0.2) is 24.3 Å². The van der Waals surface area contributed by atoms with Gasteiger partial charge in [-0.05, 0) is 36.6 Å². The first-order valence-electron chi connectivity index (χ1n) is 5.79. The maximum Gasteiger partial charge on any atom is 0.148 e. The highest BCUT2D eigenvalue weighted by Gasteiger charge is 2.01. The van der Waals surface area contributed by atoms with Crippen LogP contribution < -0.4 is 0 Å². The topological polar surface area (TPSA) is 34.1 Å². The molecule has 0 amide bonds.